The first kappa shape index (κ1) is 13.1. The fourth-order valence-electron chi connectivity index (χ4n) is 2.34. The second kappa shape index (κ2) is 6.04. The predicted octanol–water partition coefficient (Wildman–Crippen LogP) is -0.356. The van der Waals surface area contributed by atoms with Crippen LogP contribution in [0.5, 0.6) is 0 Å². The van der Waals surface area contributed by atoms with Crippen LogP contribution < -0.4 is 5.73 Å². The van der Waals surface area contributed by atoms with Gasteiger partial charge in [-0.05, 0) is 19.8 Å². The highest BCUT2D eigenvalue weighted by Crippen LogP contribution is 2.08. The number of nitrogens with zero attached hydrogens (tertiary/aromatic N) is 3. The van der Waals surface area contributed by atoms with Gasteiger partial charge in [0.25, 0.3) is 0 Å². The topological polar surface area (TPSA) is 71.2 Å². The van der Waals surface area contributed by atoms with E-state index in [0.29, 0.717) is 12.6 Å². The number of hydrogen-bond acceptors (Lipinski definition) is 3. The van der Waals surface area contributed by atoms with Gasteiger partial charge in [0.1, 0.15) is 6.54 Å². The number of amides is 1. The third-order valence-corrected chi connectivity index (χ3v) is 3.40. The molecule has 0 aromatic rings. The molecule has 0 aliphatic carbocycles. The van der Waals surface area contributed by atoms with Crippen LogP contribution in [0, 0.1) is 0 Å². The summed E-state index contributed by atoms with van der Waals surface area (Å²) in [6.07, 6.45) is 2.37. The molecule has 0 aromatic carbocycles. The molecule has 0 aromatic heterocycles. The van der Waals surface area contributed by atoms with Gasteiger partial charge in [-0.25, -0.2) is 4.99 Å². The van der Waals surface area contributed by atoms with Crippen LogP contribution in [0.2, 0.25) is 0 Å². The van der Waals surface area contributed by atoms with Crippen LogP contribution in [-0.2, 0) is 9.53 Å². The Morgan fingerprint density at radius 1 is 1.33 bits per heavy atom. The summed E-state index contributed by atoms with van der Waals surface area (Å²) in [6, 6.07) is 0. The van der Waals surface area contributed by atoms with E-state index < -0.39 is 0 Å². The summed E-state index contributed by atoms with van der Waals surface area (Å²) in [5.41, 5.74) is 5.91. The number of aliphatic imine (C=N–C) groups is 1. The Bertz CT molecular complexity index is 326. The number of hydrogen-bond donors (Lipinski definition) is 1. The van der Waals surface area contributed by atoms with Gasteiger partial charge in [-0.3, -0.25) is 4.79 Å². The highest BCUT2D eigenvalue weighted by Gasteiger charge is 2.20. The van der Waals surface area contributed by atoms with Crippen LogP contribution in [0.25, 0.3) is 0 Å². The standard InChI is InChI=1S/C12H22N4O2/c1-10-9-16(6-7-18-10)12(13)14-8-11(17)15-4-2-3-5-15/h10H,2-9H2,1H3,(H2,13,14). The maximum Gasteiger partial charge on any atom is 0.244 e. The number of morpholine rings is 1. The molecule has 0 spiro atoms. The summed E-state index contributed by atoms with van der Waals surface area (Å²) in [4.78, 5) is 19.9. The van der Waals surface area contributed by atoms with Crippen molar-refractivity contribution in [2.75, 3.05) is 39.3 Å². The molecule has 102 valence electrons. The number of guanidine groups is 1. The van der Waals surface area contributed by atoms with E-state index in [1.165, 1.54) is 0 Å². The zero-order chi connectivity index (χ0) is 13.0. The molecular formula is C12H22N4O2. The maximum absolute atomic E-state index is 11.8. The van der Waals surface area contributed by atoms with Crippen molar-refractivity contribution in [2.45, 2.75) is 25.9 Å². The van der Waals surface area contributed by atoms with Crippen molar-refractivity contribution in [1.82, 2.24) is 9.80 Å². The zero-order valence-corrected chi connectivity index (χ0v) is 11.0. The van der Waals surface area contributed by atoms with Crippen molar-refractivity contribution in [1.29, 1.82) is 0 Å². The number of ether oxygens (including phenoxy) is 1. The molecule has 0 saturated carbocycles. The number of nitrogens with two attached hydrogens (primary N) is 1. The van der Waals surface area contributed by atoms with Gasteiger partial charge in [0, 0.05) is 26.2 Å². The first-order chi connectivity index (χ1) is 8.66. The fourth-order valence-corrected chi connectivity index (χ4v) is 2.34. The molecule has 0 radical (unpaired) electrons. The molecule has 1 unspecified atom stereocenters. The molecule has 2 saturated heterocycles. The van der Waals surface area contributed by atoms with Crippen molar-refractivity contribution in [3.05, 3.63) is 0 Å². The summed E-state index contributed by atoms with van der Waals surface area (Å²) in [5, 5.41) is 0. The molecule has 1 atom stereocenters. The van der Waals surface area contributed by atoms with E-state index in [2.05, 4.69) is 4.99 Å². The van der Waals surface area contributed by atoms with Gasteiger partial charge in [0.2, 0.25) is 5.91 Å². The van der Waals surface area contributed by atoms with Crippen molar-refractivity contribution in [2.24, 2.45) is 10.7 Å². The molecule has 2 N–H and O–H groups in total. The van der Waals surface area contributed by atoms with Gasteiger partial charge in [0.05, 0.1) is 12.7 Å². The minimum Gasteiger partial charge on any atom is -0.375 e. The van der Waals surface area contributed by atoms with Crippen molar-refractivity contribution in [3.8, 4) is 0 Å². The Hall–Kier alpha value is -1.30. The van der Waals surface area contributed by atoms with E-state index in [1.54, 1.807) is 0 Å². The lowest BCUT2D eigenvalue weighted by Gasteiger charge is -2.31. The van der Waals surface area contributed by atoms with Crippen LogP contribution in [0.15, 0.2) is 4.99 Å². The van der Waals surface area contributed by atoms with E-state index in [-0.39, 0.29) is 18.6 Å². The summed E-state index contributed by atoms with van der Waals surface area (Å²) in [5.74, 6) is 0.537. The molecule has 6 heteroatoms. The van der Waals surface area contributed by atoms with Gasteiger partial charge in [0.15, 0.2) is 5.96 Å². The van der Waals surface area contributed by atoms with E-state index >= 15 is 0 Å². The lowest BCUT2D eigenvalue weighted by Crippen LogP contribution is -2.48. The Morgan fingerprint density at radius 2 is 2.06 bits per heavy atom. The molecule has 2 heterocycles. The lowest BCUT2D eigenvalue weighted by atomic mass is 10.3. The summed E-state index contributed by atoms with van der Waals surface area (Å²) < 4.78 is 5.44. The first-order valence-corrected chi connectivity index (χ1v) is 6.61. The third kappa shape index (κ3) is 3.35. The van der Waals surface area contributed by atoms with Crippen LogP contribution in [0.3, 0.4) is 0 Å². The third-order valence-electron chi connectivity index (χ3n) is 3.40. The molecule has 2 aliphatic rings. The van der Waals surface area contributed by atoms with Crippen molar-refractivity contribution in [3.63, 3.8) is 0 Å². The largest absolute Gasteiger partial charge is 0.375 e. The Balaban J connectivity index is 1.82. The highest BCUT2D eigenvalue weighted by molar-refractivity contribution is 5.84. The Morgan fingerprint density at radius 3 is 2.72 bits per heavy atom. The van der Waals surface area contributed by atoms with E-state index in [0.717, 1.165) is 39.0 Å². The average molecular weight is 254 g/mol. The normalized spacial score (nSPS) is 25.6. The van der Waals surface area contributed by atoms with Gasteiger partial charge >= 0.3 is 0 Å². The second-order valence-corrected chi connectivity index (χ2v) is 4.89. The van der Waals surface area contributed by atoms with Crippen LogP contribution >= 0.6 is 0 Å². The Labute approximate surface area is 108 Å². The van der Waals surface area contributed by atoms with Crippen LogP contribution in [-0.4, -0.2) is 67.1 Å². The predicted molar refractivity (Wildman–Crippen MR) is 69.3 cm³/mol. The molecule has 1 amide bonds. The minimum atomic E-state index is 0.0803. The Kier molecular flexibility index (Phi) is 4.41. The average Bonchev–Trinajstić information content (AvgIpc) is 2.89. The van der Waals surface area contributed by atoms with Crippen molar-refractivity contribution < 1.29 is 9.53 Å². The smallest absolute Gasteiger partial charge is 0.244 e. The number of carbonyl (C=O) groups excluding carboxylic acids is 1. The summed E-state index contributed by atoms with van der Waals surface area (Å²) in [7, 11) is 0. The lowest BCUT2D eigenvalue weighted by molar-refractivity contribution is -0.128. The fraction of sp³-hybridized carbons (Fsp3) is 0.833. The second-order valence-electron chi connectivity index (χ2n) is 4.89. The molecule has 2 aliphatic heterocycles. The van der Waals surface area contributed by atoms with E-state index in [1.807, 2.05) is 16.7 Å². The molecule has 2 rings (SSSR count). The van der Waals surface area contributed by atoms with Crippen LogP contribution in [0.4, 0.5) is 0 Å². The molecule has 0 bridgehead atoms. The molecular weight excluding hydrogens is 232 g/mol. The molecule has 18 heavy (non-hydrogen) atoms. The number of carbonyl (C=O) groups is 1. The van der Waals surface area contributed by atoms with Crippen LogP contribution in [0.1, 0.15) is 19.8 Å². The van der Waals surface area contributed by atoms with E-state index in [4.69, 9.17) is 10.5 Å². The van der Waals surface area contributed by atoms with Gasteiger partial charge < -0.3 is 20.3 Å². The quantitative estimate of drug-likeness (QED) is 0.540. The zero-order valence-electron chi connectivity index (χ0n) is 11.0. The minimum absolute atomic E-state index is 0.0803. The van der Waals surface area contributed by atoms with Crippen molar-refractivity contribution >= 4 is 11.9 Å². The SMILES string of the molecule is CC1CN(C(N)=NCC(=O)N2CCCC2)CCO1. The van der Waals surface area contributed by atoms with E-state index in [9.17, 15) is 4.79 Å². The maximum atomic E-state index is 11.8. The number of rotatable bonds is 2. The van der Waals surface area contributed by atoms with Gasteiger partial charge in [-0.15, -0.1) is 0 Å². The number of likely N-dealkylation sites (tertiary alicyclic amines) is 1. The first-order valence-electron chi connectivity index (χ1n) is 6.61. The monoisotopic (exact) mass is 254 g/mol. The summed E-state index contributed by atoms with van der Waals surface area (Å²) >= 11 is 0. The molecule has 2 fully saturated rings. The van der Waals surface area contributed by atoms with Gasteiger partial charge in [-0.2, -0.15) is 0 Å². The molecule has 6 nitrogen and oxygen atoms in total. The van der Waals surface area contributed by atoms with Gasteiger partial charge in [-0.1, -0.05) is 0 Å². The summed E-state index contributed by atoms with van der Waals surface area (Å²) in [6.45, 7) is 6.06. The highest BCUT2D eigenvalue weighted by atomic mass is 16.5.